The second kappa shape index (κ2) is 3.32. The number of anilines is 1. The van der Waals surface area contributed by atoms with Crippen molar-refractivity contribution >= 4 is 5.82 Å². The number of methoxy groups -OCH3 is 1. The second-order valence-corrected chi connectivity index (χ2v) is 2.10. The van der Waals surface area contributed by atoms with Crippen molar-refractivity contribution < 1.29 is 9.84 Å². The van der Waals surface area contributed by atoms with Gasteiger partial charge in [0.15, 0.2) is 6.29 Å². The molecule has 0 amide bonds. The molecule has 1 aromatic rings. The molecule has 3 N–H and O–H groups in total. The van der Waals surface area contributed by atoms with Gasteiger partial charge in [0.2, 0.25) is 0 Å². The fraction of sp³-hybridized carbons (Fsp3) is 0.286. The minimum absolute atomic E-state index is 0.428. The van der Waals surface area contributed by atoms with Crippen LogP contribution in [-0.4, -0.2) is 17.2 Å². The van der Waals surface area contributed by atoms with Gasteiger partial charge in [-0.1, -0.05) is 0 Å². The molecule has 0 spiro atoms. The Morgan fingerprint density at radius 2 is 2.36 bits per heavy atom. The van der Waals surface area contributed by atoms with Crippen LogP contribution in [0.3, 0.4) is 0 Å². The fourth-order valence-corrected chi connectivity index (χ4v) is 0.699. The summed E-state index contributed by atoms with van der Waals surface area (Å²) in [5, 5.41) is 9.12. The van der Waals surface area contributed by atoms with E-state index in [4.69, 9.17) is 10.8 Å². The molecular formula is C7H10N2O2. The first kappa shape index (κ1) is 7.97. The molecule has 0 fully saturated rings. The van der Waals surface area contributed by atoms with Gasteiger partial charge >= 0.3 is 0 Å². The van der Waals surface area contributed by atoms with Gasteiger partial charge in [0.1, 0.15) is 5.82 Å². The molecular weight excluding hydrogens is 144 g/mol. The van der Waals surface area contributed by atoms with Crippen LogP contribution in [0.2, 0.25) is 0 Å². The number of pyridine rings is 1. The van der Waals surface area contributed by atoms with Crippen molar-refractivity contribution in [1.29, 1.82) is 0 Å². The van der Waals surface area contributed by atoms with Gasteiger partial charge < -0.3 is 15.6 Å². The molecule has 0 radical (unpaired) electrons. The van der Waals surface area contributed by atoms with Gasteiger partial charge in [0.05, 0.1) is 0 Å². The summed E-state index contributed by atoms with van der Waals surface area (Å²) in [4.78, 5) is 3.79. The van der Waals surface area contributed by atoms with Crippen molar-refractivity contribution in [3.8, 4) is 0 Å². The molecule has 1 rings (SSSR count). The van der Waals surface area contributed by atoms with E-state index < -0.39 is 6.29 Å². The molecule has 60 valence electrons. The maximum atomic E-state index is 9.12. The molecule has 0 aromatic carbocycles. The van der Waals surface area contributed by atoms with E-state index in [0.717, 1.165) is 0 Å². The van der Waals surface area contributed by atoms with Crippen molar-refractivity contribution in [3.63, 3.8) is 0 Å². The van der Waals surface area contributed by atoms with Crippen LogP contribution in [-0.2, 0) is 4.74 Å². The summed E-state index contributed by atoms with van der Waals surface area (Å²) in [5.41, 5.74) is 5.93. The smallest absolute Gasteiger partial charge is 0.182 e. The van der Waals surface area contributed by atoms with Crippen LogP contribution in [0.25, 0.3) is 0 Å². The van der Waals surface area contributed by atoms with E-state index in [1.54, 1.807) is 12.1 Å². The first-order chi connectivity index (χ1) is 5.24. The molecule has 4 nitrogen and oxygen atoms in total. The zero-order chi connectivity index (χ0) is 8.27. The standard InChI is InChI=1S/C7H10N2O2/c1-11-7(10)5-2-3-6(8)9-4-5/h2-4,7,10H,1H3,(H2,8,9). The molecule has 11 heavy (non-hydrogen) atoms. The van der Waals surface area contributed by atoms with Crippen molar-refractivity contribution in [2.75, 3.05) is 12.8 Å². The van der Waals surface area contributed by atoms with Crippen LogP contribution in [0.15, 0.2) is 18.3 Å². The van der Waals surface area contributed by atoms with Crippen LogP contribution in [0.1, 0.15) is 11.9 Å². The van der Waals surface area contributed by atoms with Gasteiger partial charge in [-0.15, -0.1) is 0 Å². The van der Waals surface area contributed by atoms with Gasteiger partial charge in [0.25, 0.3) is 0 Å². The van der Waals surface area contributed by atoms with Crippen molar-refractivity contribution in [2.45, 2.75) is 6.29 Å². The number of nitrogens with zero attached hydrogens (tertiary/aromatic N) is 1. The van der Waals surface area contributed by atoms with Crippen LogP contribution in [0.4, 0.5) is 5.82 Å². The lowest BCUT2D eigenvalue weighted by Gasteiger charge is -2.06. The third-order valence-corrected chi connectivity index (χ3v) is 1.32. The number of aliphatic hydroxyl groups is 1. The van der Waals surface area contributed by atoms with E-state index in [9.17, 15) is 0 Å². The quantitative estimate of drug-likeness (QED) is 0.601. The van der Waals surface area contributed by atoms with Crippen LogP contribution in [0, 0.1) is 0 Å². The number of rotatable bonds is 2. The zero-order valence-electron chi connectivity index (χ0n) is 6.19. The Hall–Kier alpha value is -1.13. The number of nitrogen functional groups attached to an aromatic ring is 1. The highest BCUT2D eigenvalue weighted by atomic mass is 16.6. The number of ether oxygens (including phenoxy) is 1. The normalized spacial score (nSPS) is 12.9. The molecule has 0 bridgehead atoms. The van der Waals surface area contributed by atoms with E-state index >= 15 is 0 Å². The Morgan fingerprint density at radius 3 is 2.82 bits per heavy atom. The Morgan fingerprint density at radius 1 is 1.64 bits per heavy atom. The molecule has 0 aliphatic rings. The Balaban J connectivity index is 2.81. The third kappa shape index (κ3) is 1.89. The highest BCUT2D eigenvalue weighted by Gasteiger charge is 2.03. The van der Waals surface area contributed by atoms with Crippen molar-refractivity contribution in [3.05, 3.63) is 23.9 Å². The summed E-state index contributed by atoms with van der Waals surface area (Å²) in [6.45, 7) is 0. The SMILES string of the molecule is COC(O)c1ccc(N)nc1. The second-order valence-electron chi connectivity index (χ2n) is 2.10. The van der Waals surface area contributed by atoms with Crippen LogP contribution < -0.4 is 5.73 Å². The molecule has 1 unspecified atom stereocenters. The monoisotopic (exact) mass is 154 g/mol. The molecule has 0 saturated heterocycles. The molecule has 1 aromatic heterocycles. The lowest BCUT2D eigenvalue weighted by molar-refractivity contribution is -0.0771. The number of aliphatic hydroxyl groups excluding tert-OH is 1. The predicted octanol–water partition coefficient (Wildman–Crippen LogP) is 0.301. The fourth-order valence-electron chi connectivity index (χ4n) is 0.699. The minimum atomic E-state index is -0.914. The van der Waals surface area contributed by atoms with Crippen LogP contribution in [0.5, 0.6) is 0 Å². The average Bonchev–Trinajstić information content (AvgIpc) is 2.05. The first-order valence-electron chi connectivity index (χ1n) is 3.16. The minimum Gasteiger partial charge on any atom is -0.384 e. The summed E-state index contributed by atoms with van der Waals surface area (Å²) in [7, 11) is 1.42. The van der Waals surface area contributed by atoms with E-state index in [1.165, 1.54) is 13.3 Å². The molecule has 1 atom stereocenters. The summed E-state index contributed by atoms with van der Waals surface area (Å²) >= 11 is 0. The Kier molecular flexibility index (Phi) is 2.40. The van der Waals surface area contributed by atoms with Gasteiger partial charge in [-0.25, -0.2) is 4.98 Å². The number of nitrogens with two attached hydrogens (primary N) is 1. The summed E-state index contributed by atoms with van der Waals surface area (Å²) in [5.74, 6) is 0.428. The van der Waals surface area contributed by atoms with E-state index in [-0.39, 0.29) is 0 Å². The number of aromatic nitrogens is 1. The summed E-state index contributed by atoms with van der Waals surface area (Å²) in [6.07, 6.45) is 0.562. The lowest BCUT2D eigenvalue weighted by Crippen LogP contribution is -2.00. The number of hydrogen-bond donors (Lipinski definition) is 2. The maximum absolute atomic E-state index is 9.12. The molecule has 0 aliphatic heterocycles. The third-order valence-electron chi connectivity index (χ3n) is 1.32. The Labute approximate surface area is 64.6 Å². The van der Waals surface area contributed by atoms with Crippen LogP contribution >= 0.6 is 0 Å². The highest BCUT2D eigenvalue weighted by molar-refractivity contribution is 5.29. The zero-order valence-corrected chi connectivity index (χ0v) is 6.19. The van der Waals surface area contributed by atoms with Gasteiger partial charge in [-0.3, -0.25) is 0 Å². The molecule has 0 aliphatic carbocycles. The van der Waals surface area contributed by atoms with E-state index in [0.29, 0.717) is 11.4 Å². The topological polar surface area (TPSA) is 68.4 Å². The first-order valence-corrected chi connectivity index (χ1v) is 3.16. The average molecular weight is 154 g/mol. The van der Waals surface area contributed by atoms with E-state index in [2.05, 4.69) is 9.72 Å². The van der Waals surface area contributed by atoms with Gasteiger partial charge in [-0.2, -0.15) is 0 Å². The van der Waals surface area contributed by atoms with Gasteiger partial charge in [-0.05, 0) is 12.1 Å². The van der Waals surface area contributed by atoms with Crippen molar-refractivity contribution in [2.24, 2.45) is 0 Å². The number of hydrogen-bond acceptors (Lipinski definition) is 4. The molecule has 0 saturated carbocycles. The Bertz CT molecular complexity index is 222. The van der Waals surface area contributed by atoms with Crippen molar-refractivity contribution in [1.82, 2.24) is 4.98 Å². The maximum Gasteiger partial charge on any atom is 0.182 e. The van der Waals surface area contributed by atoms with Gasteiger partial charge in [0, 0.05) is 18.9 Å². The summed E-state index contributed by atoms with van der Waals surface area (Å²) < 4.78 is 4.65. The van der Waals surface area contributed by atoms with E-state index in [1.807, 2.05) is 0 Å². The highest BCUT2D eigenvalue weighted by Crippen LogP contribution is 2.11. The molecule has 4 heteroatoms. The lowest BCUT2D eigenvalue weighted by atomic mass is 10.3. The predicted molar refractivity (Wildman–Crippen MR) is 40.6 cm³/mol. The largest absolute Gasteiger partial charge is 0.384 e. The summed E-state index contributed by atoms with van der Waals surface area (Å²) in [6, 6.07) is 3.27. The molecule has 1 heterocycles.